The molecule has 1 fully saturated rings. The van der Waals surface area contributed by atoms with Gasteiger partial charge in [0.2, 0.25) is 0 Å². The Hall–Kier alpha value is -1.42. The minimum absolute atomic E-state index is 0.0248. The lowest BCUT2D eigenvalue weighted by molar-refractivity contribution is -0.129. The zero-order valence-corrected chi connectivity index (χ0v) is 19.0. The van der Waals surface area contributed by atoms with Crippen LogP contribution in [0.15, 0.2) is 0 Å². The number of rotatable bonds is 13. The van der Waals surface area contributed by atoms with Crippen molar-refractivity contribution in [1.29, 1.82) is 0 Å². The molecule has 0 bridgehead atoms. The lowest BCUT2D eigenvalue weighted by atomic mass is 9.88. The Morgan fingerprint density at radius 1 is 1.23 bits per heavy atom. The van der Waals surface area contributed by atoms with Gasteiger partial charge in [0.15, 0.2) is 10.9 Å². The van der Waals surface area contributed by atoms with Gasteiger partial charge in [-0.25, -0.2) is 0 Å². The molecule has 1 rings (SSSR count). The largest absolute Gasteiger partial charge is 0.385 e. The molecule has 0 aromatic heterocycles. The minimum Gasteiger partial charge on any atom is -0.385 e. The highest BCUT2D eigenvalue weighted by Crippen LogP contribution is 2.32. The van der Waals surface area contributed by atoms with Crippen LogP contribution in [0, 0.1) is 11.8 Å². The van der Waals surface area contributed by atoms with Crippen LogP contribution in [0.4, 0.5) is 0 Å². The molecule has 0 radical (unpaired) electrons. The van der Waals surface area contributed by atoms with Crippen molar-refractivity contribution in [3.05, 3.63) is 0 Å². The van der Waals surface area contributed by atoms with Crippen LogP contribution in [0.1, 0.15) is 52.9 Å². The minimum atomic E-state index is -1.18. The molecule has 1 saturated heterocycles. The number of nitrogens with one attached hydrogen (secondary N) is 2. The molecule has 8 nitrogen and oxygen atoms in total. The van der Waals surface area contributed by atoms with Crippen molar-refractivity contribution in [1.82, 2.24) is 10.6 Å². The Bertz CT molecular complexity index is 651. The topological polar surface area (TPSA) is 130 Å². The van der Waals surface area contributed by atoms with Crippen LogP contribution in [0.2, 0.25) is 0 Å². The lowest BCUT2D eigenvalue weighted by Gasteiger charge is -2.21. The predicted molar refractivity (Wildman–Crippen MR) is 115 cm³/mol. The maximum absolute atomic E-state index is 12.5. The number of aliphatic hydroxyl groups excluding tert-OH is 1. The highest BCUT2D eigenvalue weighted by atomic mass is 32.2. The van der Waals surface area contributed by atoms with Crippen molar-refractivity contribution in [3.63, 3.8) is 0 Å². The molecule has 0 aliphatic carbocycles. The van der Waals surface area contributed by atoms with Gasteiger partial charge in [-0.15, -0.1) is 0 Å². The monoisotopic (exact) mass is 442 g/mol. The van der Waals surface area contributed by atoms with Crippen molar-refractivity contribution >= 4 is 40.0 Å². The van der Waals surface area contributed by atoms with Gasteiger partial charge in [0.05, 0.1) is 24.3 Å². The Balaban J connectivity index is 2.65. The average Bonchev–Trinajstić information content (AvgIpc) is 2.82. The maximum atomic E-state index is 12.5. The van der Waals surface area contributed by atoms with Crippen LogP contribution in [-0.2, 0) is 24.0 Å². The molecule has 0 spiro atoms. The smallest absolute Gasteiger partial charge is 0.197 e. The molecule has 0 amide bonds. The van der Waals surface area contributed by atoms with Crippen molar-refractivity contribution in [2.45, 2.75) is 70.3 Å². The third kappa shape index (κ3) is 8.75. The van der Waals surface area contributed by atoms with E-state index in [1.165, 1.54) is 6.92 Å². The fraction of sp³-hybridized carbons (Fsp3) is 0.762. The molecular formula is C21H34N2O6S. The second kappa shape index (κ2) is 13.1. The van der Waals surface area contributed by atoms with Gasteiger partial charge in [0, 0.05) is 12.3 Å². The van der Waals surface area contributed by atoms with Crippen LogP contribution < -0.4 is 10.6 Å². The molecule has 1 unspecified atom stereocenters. The third-order valence-corrected chi connectivity index (χ3v) is 6.39. The summed E-state index contributed by atoms with van der Waals surface area (Å²) >= 11 is 0.818. The molecule has 9 heteroatoms. The van der Waals surface area contributed by atoms with E-state index < -0.39 is 29.1 Å². The molecular weight excluding hydrogens is 408 g/mol. The molecule has 1 aliphatic heterocycles. The summed E-state index contributed by atoms with van der Waals surface area (Å²) in [6.07, 6.45) is -0.364. The van der Waals surface area contributed by atoms with E-state index in [0.29, 0.717) is 13.0 Å². The first-order valence-corrected chi connectivity index (χ1v) is 11.3. The molecule has 170 valence electrons. The van der Waals surface area contributed by atoms with Gasteiger partial charge >= 0.3 is 0 Å². The Labute approximate surface area is 182 Å². The zero-order valence-electron chi connectivity index (χ0n) is 18.2. The second-order valence-electron chi connectivity index (χ2n) is 8.16. The molecule has 0 aromatic rings. The number of carbonyl (C=O) groups excluding carboxylic acids is 5. The number of ketones is 4. The van der Waals surface area contributed by atoms with Crippen LogP contribution in [-0.4, -0.2) is 70.9 Å². The summed E-state index contributed by atoms with van der Waals surface area (Å²) in [5.41, 5.74) is 0. The highest BCUT2D eigenvalue weighted by molar-refractivity contribution is 8.14. The fourth-order valence-electron chi connectivity index (χ4n) is 3.30. The molecule has 0 saturated carbocycles. The van der Waals surface area contributed by atoms with Gasteiger partial charge in [-0.05, 0) is 45.7 Å². The average molecular weight is 443 g/mol. The number of hydrogen-bond acceptors (Lipinski definition) is 9. The second-order valence-corrected chi connectivity index (χ2v) is 9.42. The summed E-state index contributed by atoms with van der Waals surface area (Å²) < 4.78 is 0. The Morgan fingerprint density at radius 3 is 2.47 bits per heavy atom. The number of aliphatic hydroxyl groups is 1. The molecule has 1 heterocycles. The quantitative estimate of drug-likeness (QED) is 0.353. The normalized spacial score (nSPS) is 21.9. The van der Waals surface area contributed by atoms with Crippen molar-refractivity contribution in [2.75, 3.05) is 20.1 Å². The first kappa shape index (κ1) is 26.6. The van der Waals surface area contributed by atoms with Crippen molar-refractivity contribution < 1.29 is 29.1 Å². The van der Waals surface area contributed by atoms with Gasteiger partial charge in [0.1, 0.15) is 23.5 Å². The molecule has 4 atom stereocenters. The summed E-state index contributed by atoms with van der Waals surface area (Å²) in [7, 11) is 1.79. The van der Waals surface area contributed by atoms with Crippen LogP contribution in [0.3, 0.4) is 0 Å². The van der Waals surface area contributed by atoms with Crippen molar-refractivity contribution in [3.8, 4) is 0 Å². The molecule has 3 N–H and O–H groups in total. The predicted octanol–water partition coefficient (Wildman–Crippen LogP) is 0.686. The van der Waals surface area contributed by atoms with E-state index in [2.05, 4.69) is 10.6 Å². The van der Waals surface area contributed by atoms with E-state index >= 15 is 0 Å². The summed E-state index contributed by atoms with van der Waals surface area (Å²) in [6.45, 7) is 5.57. The third-order valence-electron chi connectivity index (χ3n) is 5.28. The molecule has 30 heavy (non-hydrogen) atoms. The molecule has 0 aromatic carbocycles. The maximum Gasteiger partial charge on any atom is 0.197 e. The van der Waals surface area contributed by atoms with Gasteiger partial charge in [-0.2, -0.15) is 0 Å². The van der Waals surface area contributed by atoms with Gasteiger partial charge in [-0.3, -0.25) is 24.0 Å². The fourth-order valence-corrected chi connectivity index (χ4v) is 4.42. The van der Waals surface area contributed by atoms with Crippen LogP contribution in [0.5, 0.6) is 0 Å². The van der Waals surface area contributed by atoms with E-state index in [1.54, 1.807) is 20.9 Å². The Kier molecular flexibility index (Phi) is 11.6. The van der Waals surface area contributed by atoms with E-state index in [9.17, 15) is 29.1 Å². The van der Waals surface area contributed by atoms with Crippen LogP contribution in [0.25, 0.3) is 0 Å². The van der Waals surface area contributed by atoms with E-state index in [0.717, 1.165) is 11.8 Å². The zero-order chi connectivity index (χ0) is 22.8. The summed E-state index contributed by atoms with van der Waals surface area (Å²) in [5.74, 6) is -1.74. The number of thioether (sulfide) groups is 1. The standard InChI is InChI=1S/C21H34N2O6S/c1-12(2)20(28)21(29)18-9-14(17(26)10-19(27)30-18)5-6-15(25)11-23-16(13(3)24)7-8-22-4/h12,14,16,18,20,22-23,28H,5-11H2,1-4H3/t14-,16+,18?,20+/m1/s1. The lowest BCUT2D eigenvalue weighted by Crippen LogP contribution is -2.40. The van der Waals surface area contributed by atoms with Crippen molar-refractivity contribution in [2.24, 2.45) is 11.8 Å². The van der Waals surface area contributed by atoms with Gasteiger partial charge in [-0.1, -0.05) is 25.6 Å². The first-order chi connectivity index (χ1) is 14.1. The summed E-state index contributed by atoms with van der Waals surface area (Å²) in [5, 5.41) is 14.8. The summed E-state index contributed by atoms with van der Waals surface area (Å²) in [4.78, 5) is 60.8. The number of Topliss-reactive ketones (excluding diaryl/α,β-unsaturated/α-hetero) is 4. The first-order valence-electron chi connectivity index (χ1n) is 10.4. The summed E-state index contributed by atoms with van der Waals surface area (Å²) in [6, 6.07) is -0.408. The highest BCUT2D eigenvalue weighted by Gasteiger charge is 2.37. The Morgan fingerprint density at radius 2 is 1.90 bits per heavy atom. The van der Waals surface area contributed by atoms with Crippen LogP contribution >= 0.6 is 11.8 Å². The van der Waals surface area contributed by atoms with E-state index in [4.69, 9.17) is 0 Å². The number of carbonyl (C=O) groups is 5. The van der Waals surface area contributed by atoms with E-state index in [1.807, 2.05) is 0 Å². The molecule has 1 aliphatic rings. The number of hydrogen-bond donors (Lipinski definition) is 3. The van der Waals surface area contributed by atoms with E-state index in [-0.39, 0.29) is 60.6 Å². The van der Waals surface area contributed by atoms with Gasteiger partial charge < -0.3 is 15.7 Å². The van der Waals surface area contributed by atoms with Gasteiger partial charge in [0.25, 0.3) is 0 Å². The SMILES string of the molecule is CNCC[C@H](NCC(=O)CC[C@@H]1CC(C(=O)[C@@H](O)C(C)C)SC(=O)CC1=O)C(C)=O.